The molecule has 0 saturated heterocycles. The molecule has 106 valence electrons. The summed E-state index contributed by atoms with van der Waals surface area (Å²) in [6, 6.07) is 7.70. The van der Waals surface area contributed by atoms with Crippen molar-refractivity contribution in [3.05, 3.63) is 34.9 Å². The Kier molecular flexibility index (Phi) is 4.20. The number of hydrogen-bond acceptors (Lipinski definition) is 2. The normalized spacial score (nSPS) is 18.3. The second-order valence-electron chi connectivity index (χ2n) is 5.25. The zero-order valence-corrected chi connectivity index (χ0v) is 12.8. The third-order valence-electron chi connectivity index (χ3n) is 3.84. The van der Waals surface area contributed by atoms with E-state index in [-0.39, 0.29) is 5.41 Å². The second kappa shape index (κ2) is 5.40. The summed E-state index contributed by atoms with van der Waals surface area (Å²) in [5.74, 6) is 0. The van der Waals surface area contributed by atoms with Gasteiger partial charge in [0.25, 0.3) is 10.2 Å². The first-order valence-corrected chi connectivity index (χ1v) is 8.11. The maximum absolute atomic E-state index is 11.8. The van der Waals surface area contributed by atoms with E-state index in [2.05, 4.69) is 4.72 Å². The van der Waals surface area contributed by atoms with E-state index in [0.717, 1.165) is 24.8 Å². The molecule has 19 heavy (non-hydrogen) atoms. The van der Waals surface area contributed by atoms with Gasteiger partial charge in [0, 0.05) is 31.1 Å². The van der Waals surface area contributed by atoms with Crippen LogP contribution in [0.1, 0.15) is 24.8 Å². The van der Waals surface area contributed by atoms with E-state index in [1.54, 1.807) is 0 Å². The first kappa shape index (κ1) is 14.8. The Morgan fingerprint density at radius 3 is 2.26 bits per heavy atom. The van der Waals surface area contributed by atoms with Gasteiger partial charge in [-0.25, -0.2) is 4.72 Å². The van der Waals surface area contributed by atoms with Crippen molar-refractivity contribution >= 4 is 21.8 Å². The molecular weight excluding hydrogens is 284 g/mol. The molecule has 1 N–H and O–H groups in total. The molecule has 0 spiro atoms. The molecule has 0 amide bonds. The number of nitrogens with zero attached hydrogens (tertiary/aromatic N) is 1. The number of rotatable bonds is 5. The molecule has 0 heterocycles. The Labute approximate surface area is 119 Å². The smallest absolute Gasteiger partial charge is 0.201 e. The summed E-state index contributed by atoms with van der Waals surface area (Å²) in [4.78, 5) is 0. The summed E-state index contributed by atoms with van der Waals surface area (Å²) in [6.45, 7) is 0.440. The van der Waals surface area contributed by atoms with E-state index in [4.69, 9.17) is 11.6 Å². The van der Waals surface area contributed by atoms with E-state index in [1.807, 2.05) is 24.3 Å². The first-order valence-electron chi connectivity index (χ1n) is 6.29. The van der Waals surface area contributed by atoms with Crippen LogP contribution in [0, 0.1) is 0 Å². The lowest BCUT2D eigenvalue weighted by Crippen LogP contribution is -2.48. The molecule has 0 bridgehead atoms. The van der Waals surface area contributed by atoms with Crippen molar-refractivity contribution in [2.45, 2.75) is 24.7 Å². The Morgan fingerprint density at radius 2 is 1.84 bits per heavy atom. The van der Waals surface area contributed by atoms with Gasteiger partial charge in [0.15, 0.2) is 0 Å². The molecule has 2 rings (SSSR count). The molecule has 6 heteroatoms. The minimum absolute atomic E-state index is 0.0757. The fourth-order valence-electron chi connectivity index (χ4n) is 2.33. The van der Waals surface area contributed by atoms with Gasteiger partial charge in [-0.3, -0.25) is 0 Å². The minimum Gasteiger partial charge on any atom is -0.201 e. The molecule has 0 aromatic heterocycles. The van der Waals surface area contributed by atoms with Gasteiger partial charge in [-0.15, -0.1) is 0 Å². The van der Waals surface area contributed by atoms with Gasteiger partial charge in [0.05, 0.1) is 0 Å². The van der Waals surface area contributed by atoms with Crippen LogP contribution in [0.4, 0.5) is 0 Å². The molecule has 1 fully saturated rings. The van der Waals surface area contributed by atoms with E-state index >= 15 is 0 Å². The van der Waals surface area contributed by atoms with Crippen molar-refractivity contribution in [2.75, 3.05) is 20.6 Å². The summed E-state index contributed by atoms with van der Waals surface area (Å²) in [7, 11) is -0.315. The average molecular weight is 303 g/mol. The summed E-state index contributed by atoms with van der Waals surface area (Å²) in [5, 5.41) is 0.701. The van der Waals surface area contributed by atoms with Crippen LogP contribution in [0.25, 0.3) is 0 Å². The van der Waals surface area contributed by atoms with Gasteiger partial charge in [0.1, 0.15) is 0 Å². The average Bonchev–Trinajstić information content (AvgIpc) is 2.29. The number of nitrogens with one attached hydrogen (secondary N) is 1. The Balaban J connectivity index is 2.14. The van der Waals surface area contributed by atoms with Crippen LogP contribution in [0.15, 0.2) is 24.3 Å². The van der Waals surface area contributed by atoms with Crippen molar-refractivity contribution in [1.82, 2.24) is 9.03 Å². The second-order valence-corrected chi connectivity index (χ2v) is 7.65. The molecule has 1 saturated carbocycles. The summed E-state index contributed by atoms with van der Waals surface area (Å²) >= 11 is 5.90. The van der Waals surface area contributed by atoms with Crippen LogP contribution in [-0.4, -0.2) is 33.4 Å². The molecule has 1 aromatic carbocycles. The topological polar surface area (TPSA) is 49.4 Å². The van der Waals surface area contributed by atoms with Gasteiger partial charge in [-0.05, 0) is 30.5 Å². The van der Waals surface area contributed by atoms with E-state index in [0.29, 0.717) is 11.6 Å². The molecule has 1 aromatic rings. The van der Waals surface area contributed by atoms with E-state index in [1.165, 1.54) is 18.4 Å². The lowest BCUT2D eigenvalue weighted by atomic mass is 9.64. The van der Waals surface area contributed by atoms with Crippen LogP contribution in [0.5, 0.6) is 0 Å². The molecule has 1 aliphatic carbocycles. The molecule has 0 radical (unpaired) electrons. The minimum atomic E-state index is -3.37. The zero-order valence-electron chi connectivity index (χ0n) is 11.2. The fraction of sp³-hybridized carbons (Fsp3) is 0.538. The third kappa shape index (κ3) is 3.11. The SMILES string of the molecule is CN(C)S(=O)(=O)NCC1(c2ccc(Cl)cc2)CCC1. The van der Waals surface area contributed by atoms with Crippen LogP contribution < -0.4 is 4.72 Å². The lowest BCUT2D eigenvalue weighted by molar-refractivity contribution is 0.244. The van der Waals surface area contributed by atoms with Crippen molar-refractivity contribution < 1.29 is 8.42 Å². The quantitative estimate of drug-likeness (QED) is 0.906. The summed E-state index contributed by atoms with van der Waals surface area (Å²) in [6.07, 6.45) is 3.14. The number of halogens is 1. The van der Waals surface area contributed by atoms with Gasteiger partial charge in [0.2, 0.25) is 0 Å². The highest BCUT2D eigenvalue weighted by Crippen LogP contribution is 2.43. The summed E-state index contributed by atoms with van der Waals surface area (Å²) in [5.41, 5.74) is 1.08. The third-order valence-corrected chi connectivity index (χ3v) is 5.56. The Morgan fingerprint density at radius 1 is 1.26 bits per heavy atom. The van der Waals surface area contributed by atoms with Gasteiger partial charge in [-0.1, -0.05) is 30.2 Å². The highest BCUT2D eigenvalue weighted by atomic mass is 35.5. The zero-order chi connectivity index (χ0) is 14.1. The van der Waals surface area contributed by atoms with Crippen LogP contribution >= 0.6 is 11.6 Å². The predicted octanol–water partition coefficient (Wildman–Crippen LogP) is 2.16. The molecular formula is C13H19ClN2O2S. The molecule has 0 atom stereocenters. The highest BCUT2D eigenvalue weighted by Gasteiger charge is 2.39. The lowest BCUT2D eigenvalue weighted by Gasteiger charge is -2.42. The highest BCUT2D eigenvalue weighted by molar-refractivity contribution is 7.87. The number of hydrogen-bond donors (Lipinski definition) is 1. The van der Waals surface area contributed by atoms with Crippen molar-refractivity contribution in [2.24, 2.45) is 0 Å². The maximum Gasteiger partial charge on any atom is 0.278 e. The van der Waals surface area contributed by atoms with Crippen LogP contribution in [0.3, 0.4) is 0 Å². The Hall–Kier alpha value is -0.620. The van der Waals surface area contributed by atoms with Crippen LogP contribution in [0.2, 0.25) is 5.02 Å². The van der Waals surface area contributed by atoms with Crippen molar-refractivity contribution in [3.8, 4) is 0 Å². The van der Waals surface area contributed by atoms with Gasteiger partial charge >= 0.3 is 0 Å². The first-order chi connectivity index (χ1) is 8.86. The van der Waals surface area contributed by atoms with Crippen LogP contribution in [-0.2, 0) is 15.6 Å². The standard InChI is InChI=1S/C13H19ClN2O2S/c1-16(2)19(17,18)15-10-13(8-3-9-13)11-4-6-12(14)7-5-11/h4-7,15H,3,8-10H2,1-2H3. The van der Waals surface area contributed by atoms with Crippen molar-refractivity contribution in [1.29, 1.82) is 0 Å². The Bertz CT molecular complexity index is 536. The number of benzene rings is 1. The van der Waals surface area contributed by atoms with Gasteiger partial charge in [-0.2, -0.15) is 12.7 Å². The molecule has 1 aliphatic rings. The molecule has 0 aliphatic heterocycles. The largest absolute Gasteiger partial charge is 0.278 e. The summed E-state index contributed by atoms with van der Waals surface area (Å²) < 4.78 is 27.5. The monoisotopic (exact) mass is 302 g/mol. The van der Waals surface area contributed by atoms with E-state index < -0.39 is 10.2 Å². The van der Waals surface area contributed by atoms with Gasteiger partial charge < -0.3 is 0 Å². The molecule has 0 unspecified atom stereocenters. The van der Waals surface area contributed by atoms with E-state index in [9.17, 15) is 8.42 Å². The fourth-order valence-corrected chi connectivity index (χ4v) is 3.18. The van der Waals surface area contributed by atoms with Crippen molar-refractivity contribution in [3.63, 3.8) is 0 Å². The molecule has 4 nitrogen and oxygen atoms in total. The maximum atomic E-state index is 11.8. The predicted molar refractivity (Wildman–Crippen MR) is 77.6 cm³/mol.